The number of aromatic carboxylic acids is 1. The minimum Gasteiger partial charge on any atom is -0.478 e. The van der Waals surface area contributed by atoms with E-state index in [0.29, 0.717) is 16.6 Å². The SMILES string of the molecule is CC[C@H](N)C(=O)Nc1cc(Br)cc(C(=O)O)c1. The Balaban J connectivity index is 2.92. The summed E-state index contributed by atoms with van der Waals surface area (Å²) in [6.07, 6.45) is 0.519. The number of halogens is 1. The Hall–Kier alpha value is -1.40. The summed E-state index contributed by atoms with van der Waals surface area (Å²) in [7, 11) is 0. The minimum absolute atomic E-state index is 0.0970. The van der Waals surface area contributed by atoms with Crippen molar-refractivity contribution in [1.82, 2.24) is 0 Å². The third kappa shape index (κ3) is 3.83. The van der Waals surface area contributed by atoms with Crippen LogP contribution in [0.25, 0.3) is 0 Å². The molecule has 0 saturated carbocycles. The monoisotopic (exact) mass is 300 g/mol. The summed E-state index contributed by atoms with van der Waals surface area (Å²) in [5, 5.41) is 11.4. The van der Waals surface area contributed by atoms with Crippen LogP contribution in [0.4, 0.5) is 5.69 Å². The summed E-state index contributed by atoms with van der Waals surface area (Å²) in [4.78, 5) is 22.4. The predicted octanol–water partition coefficient (Wildman–Crippen LogP) is 1.82. The normalized spacial score (nSPS) is 11.9. The van der Waals surface area contributed by atoms with E-state index in [2.05, 4.69) is 21.2 Å². The molecule has 0 bridgehead atoms. The van der Waals surface area contributed by atoms with E-state index in [1.807, 2.05) is 0 Å². The van der Waals surface area contributed by atoms with Gasteiger partial charge >= 0.3 is 5.97 Å². The topological polar surface area (TPSA) is 92.4 Å². The van der Waals surface area contributed by atoms with E-state index in [1.165, 1.54) is 12.1 Å². The first-order valence-electron chi connectivity index (χ1n) is 5.04. The molecule has 92 valence electrons. The van der Waals surface area contributed by atoms with Crippen LogP contribution in [-0.4, -0.2) is 23.0 Å². The van der Waals surface area contributed by atoms with Crippen molar-refractivity contribution in [2.24, 2.45) is 5.73 Å². The van der Waals surface area contributed by atoms with Crippen molar-refractivity contribution >= 4 is 33.5 Å². The largest absolute Gasteiger partial charge is 0.478 e. The van der Waals surface area contributed by atoms with Crippen LogP contribution in [0.15, 0.2) is 22.7 Å². The highest BCUT2D eigenvalue weighted by Crippen LogP contribution is 2.20. The number of hydrogen-bond donors (Lipinski definition) is 3. The fourth-order valence-corrected chi connectivity index (χ4v) is 1.70. The van der Waals surface area contributed by atoms with Crippen molar-refractivity contribution < 1.29 is 14.7 Å². The lowest BCUT2D eigenvalue weighted by Crippen LogP contribution is -2.34. The number of nitrogens with two attached hydrogens (primary N) is 1. The van der Waals surface area contributed by atoms with Gasteiger partial charge in [-0.1, -0.05) is 22.9 Å². The van der Waals surface area contributed by atoms with Crippen LogP contribution < -0.4 is 11.1 Å². The second-order valence-electron chi connectivity index (χ2n) is 3.54. The Bertz CT molecular complexity index is 448. The zero-order valence-electron chi connectivity index (χ0n) is 9.24. The molecule has 0 radical (unpaired) electrons. The first-order valence-corrected chi connectivity index (χ1v) is 5.83. The first kappa shape index (κ1) is 13.7. The smallest absolute Gasteiger partial charge is 0.335 e. The predicted molar refractivity (Wildman–Crippen MR) is 68.0 cm³/mol. The molecule has 1 aromatic carbocycles. The molecule has 1 aromatic rings. The van der Waals surface area contributed by atoms with E-state index >= 15 is 0 Å². The fraction of sp³-hybridized carbons (Fsp3) is 0.273. The summed E-state index contributed by atoms with van der Waals surface area (Å²) in [6, 6.07) is 3.86. The number of nitrogens with one attached hydrogen (secondary N) is 1. The fourth-order valence-electron chi connectivity index (χ4n) is 1.21. The van der Waals surface area contributed by atoms with Crippen molar-refractivity contribution in [3.63, 3.8) is 0 Å². The molecule has 5 nitrogen and oxygen atoms in total. The van der Waals surface area contributed by atoms with Gasteiger partial charge in [0.1, 0.15) is 0 Å². The van der Waals surface area contributed by atoms with Crippen LogP contribution in [0.2, 0.25) is 0 Å². The lowest BCUT2D eigenvalue weighted by atomic mass is 10.2. The molecule has 1 rings (SSSR count). The summed E-state index contributed by atoms with van der Waals surface area (Å²) in [5.74, 6) is -1.39. The Labute approximate surface area is 107 Å². The van der Waals surface area contributed by atoms with Gasteiger partial charge in [-0.15, -0.1) is 0 Å². The van der Waals surface area contributed by atoms with Crippen molar-refractivity contribution in [3.05, 3.63) is 28.2 Å². The second kappa shape index (κ2) is 5.79. The maximum absolute atomic E-state index is 11.5. The van der Waals surface area contributed by atoms with E-state index < -0.39 is 12.0 Å². The average molecular weight is 301 g/mol. The van der Waals surface area contributed by atoms with E-state index in [9.17, 15) is 9.59 Å². The molecule has 1 amide bonds. The van der Waals surface area contributed by atoms with E-state index in [0.717, 1.165) is 0 Å². The van der Waals surface area contributed by atoms with Gasteiger partial charge in [0, 0.05) is 10.2 Å². The molecule has 6 heteroatoms. The van der Waals surface area contributed by atoms with Crippen LogP contribution in [0, 0.1) is 0 Å². The number of amides is 1. The van der Waals surface area contributed by atoms with E-state index in [4.69, 9.17) is 10.8 Å². The highest BCUT2D eigenvalue weighted by atomic mass is 79.9. The third-order valence-electron chi connectivity index (χ3n) is 2.19. The summed E-state index contributed by atoms with van der Waals surface area (Å²) >= 11 is 3.18. The number of carboxylic acid groups (broad SMARTS) is 1. The molecule has 0 fully saturated rings. The van der Waals surface area contributed by atoms with Crippen molar-refractivity contribution in [3.8, 4) is 0 Å². The maximum Gasteiger partial charge on any atom is 0.335 e. The van der Waals surface area contributed by atoms with Crippen LogP contribution in [0.3, 0.4) is 0 Å². The Morgan fingerprint density at radius 3 is 2.65 bits per heavy atom. The van der Waals surface area contributed by atoms with Gasteiger partial charge in [-0.05, 0) is 24.6 Å². The molecule has 0 heterocycles. The molecule has 0 aliphatic heterocycles. The van der Waals surface area contributed by atoms with Gasteiger partial charge < -0.3 is 16.2 Å². The molecule has 0 unspecified atom stereocenters. The van der Waals surface area contributed by atoms with Gasteiger partial charge in [0.2, 0.25) is 5.91 Å². The minimum atomic E-state index is -1.05. The van der Waals surface area contributed by atoms with Gasteiger partial charge in [-0.2, -0.15) is 0 Å². The molecule has 0 spiro atoms. The molecule has 0 aliphatic rings. The molecular weight excluding hydrogens is 288 g/mol. The Kier molecular flexibility index (Phi) is 4.65. The van der Waals surface area contributed by atoms with E-state index in [-0.39, 0.29) is 11.5 Å². The number of hydrogen-bond acceptors (Lipinski definition) is 3. The standard InChI is InChI=1S/C11H13BrN2O3/c1-2-9(13)10(15)14-8-4-6(11(16)17)3-7(12)5-8/h3-5,9H,2,13H2,1H3,(H,14,15)(H,16,17)/t9-/m0/s1. The highest BCUT2D eigenvalue weighted by Gasteiger charge is 2.12. The molecule has 0 aliphatic carbocycles. The lowest BCUT2D eigenvalue weighted by molar-refractivity contribution is -0.117. The van der Waals surface area contributed by atoms with E-state index in [1.54, 1.807) is 13.0 Å². The molecule has 17 heavy (non-hydrogen) atoms. The van der Waals surface area contributed by atoms with Crippen LogP contribution >= 0.6 is 15.9 Å². The molecule has 0 saturated heterocycles. The van der Waals surface area contributed by atoms with Crippen molar-refractivity contribution in [2.75, 3.05) is 5.32 Å². The Morgan fingerprint density at radius 2 is 2.12 bits per heavy atom. The third-order valence-corrected chi connectivity index (χ3v) is 2.65. The highest BCUT2D eigenvalue weighted by molar-refractivity contribution is 9.10. The summed E-state index contributed by atoms with van der Waals surface area (Å²) in [6.45, 7) is 1.80. The van der Waals surface area contributed by atoms with Crippen molar-refractivity contribution in [2.45, 2.75) is 19.4 Å². The van der Waals surface area contributed by atoms with Crippen molar-refractivity contribution in [1.29, 1.82) is 0 Å². The van der Waals surface area contributed by atoms with Gasteiger partial charge in [0.15, 0.2) is 0 Å². The van der Waals surface area contributed by atoms with Gasteiger partial charge in [0.05, 0.1) is 11.6 Å². The quantitative estimate of drug-likeness (QED) is 0.791. The van der Waals surface area contributed by atoms with Crippen LogP contribution in [0.1, 0.15) is 23.7 Å². The Morgan fingerprint density at radius 1 is 1.47 bits per heavy atom. The molecule has 0 aromatic heterocycles. The zero-order chi connectivity index (χ0) is 13.0. The number of carbonyl (C=O) groups is 2. The van der Waals surface area contributed by atoms with Crippen LogP contribution in [0.5, 0.6) is 0 Å². The second-order valence-corrected chi connectivity index (χ2v) is 4.45. The number of carbonyl (C=O) groups excluding carboxylic acids is 1. The maximum atomic E-state index is 11.5. The summed E-state index contributed by atoms with van der Waals surface area (Å²) in [5.41, 5.74) is 6.07. The summed E-state index contributed by atoms with van der Waals surface area (Å²) < 4.78 is 0.581. The van der Waals surface area contributed by atoms with Crippen LogP contribution in [-0.2, 0) is 4.79 Å². The average Bonchev–Trinajstić information content (AvgIpc) is 2.26. The number of benzene rings is 1. The molecule has 4 N–H and O–H groups in total. The first-order chi connectivity index (χ1) is 7.93. The lowest BCUT2D eigenvalue weighted by Gasteiger charge is -2.10. The number of carboxylic acids is 1. The number of anilines is 1. The van der Waals surface area contributed by atoms with Gasteiger partial charge in [-0.25, -0.2) is 4.79 Å². The zero-order valence-corrected chi connectivity index (χ0v) is 10.8. The van der Waals surface area contributed by atoms with Gasteiger partial charge in [-0.3, -0.25) is 4.79 Å². The number of rotatable bonds is 4. The van der Waals surface area contributed by atoms with Gasteiger partial charge in [0.25, 0.3) is 0 Å². The molecular formula is C11H13BrN2O3. The molecule has 1 atom stereocenters.